The van der Waals surface area contributed by atoms with Gasteiger partial charge in [0.05, 0.1) is 34.9 Å². The van der Waals surface area contributed by atoms with Crippen LogP contribution in [0.4, 0.5) is 4.79 Å². The first-order valence-corrected chi connectivity index (χ1v) is 3.66. The minimum atomic E-state index is -1.68. The van der Waals surface area contributed by atoms with Gasteiger partial charge in [-0.1, -0.05) is 0 Å². The number of hydrogen-bond donors (Lipinski definition) is 1. The SMILES string of the molecule is COOC(=O)[O-].C[N+](C)(C)CCO. The highest BCUT2D eigenvalue weighted by molar-refractivity contribution is 5.52. The minimum Gasteiger partial charge on any atom is -0.424 e. The van der Waals surface area contributed by atoms with Crippen LogP contribution < -0.4 is 5.11 Å². The number of carboxylic acid groups (broad SMARTS) is 1. The second-order valence-electron chi connectivity index (χ2n) is 3.24. The lowest BCUT2D eigenvalue weighted by atomic mass is 10.5. The molecule has 6 heteroatoms. The van der Waals surface area contributed by atoms with Crippen molar-refractivity contribution in [3.63, 3.8) is 0 Å². The average molecular weight is 195 g/mol. The first-order valence-electron chi connectivity index (χ1n) is 3.66. The van der Waals surface area contributed by atoms with Gasteiger partial charge < -0.3 is 24.4 Å². The number of rotatable bonds is 3. The van der Waals surface area contributed by atoms with Crippen molar-refractivity contribution >= 4 is 6.16 Å². The summed E-state index contributed by atoms with van der Waals surface area (Å²) in [7, 11) is 7.23. The van der Waals surface area contributed by atoms with Gasteiger partial charge in [0, 0.05) is 0 Å². The third-order valence-corrected chi connectivity index (χ3v) is 0.922. The zero-order valence-electron chi connectivity index (χ0n) is 8.44. The Kier molecular flexibility index (Phi) is 8.78. The van der Waals surface area contributed by atoms with Crippen molar-refractivity contribution in [1.29, 1.82) is 0 Å². The van der Waals surface area contributed by atoms with Crippen molar-refractivity contribution in [2.24, 2.45) is 0 Å². The Hall–Kier alpha value is -0.850. The molecule has 0 spiro atoms. The molecular weight excluding hydrogens is 178 g/mol. The van der Waals surface area contributed by atoms with Crippen molar-refractivity contribution in [1.82, 2.24) is 0 Å². The second kappa shape index (κ2) is 7.78. The standard InChI is InChI=1S/C5H14NO.C2H4O4/c1-6(2,3)4-5-7;1-5-6-2(3)4/h7H,4-5H2,1-3H3;1H3,(H,3,4)/q+1;/p-1. The van der Waals surface area contributed by atoms with Crippen LogP contribution in [0.1, 0.15) is 0 Å². The molecule has 0 rings (SSSR count). The summed E-state index contributed by atoms with van der Waals surface area (Å²) in [5, 5.41) is 17.5. The fourth-order valence-electron chi connectivity index (χ4n) is 0.368. The highest BCUT2D eigenvalue weighted by Gasteiger charge is 2.02. The van der Waals surface area contributed by atoms with Gasteiger partial charge in [0.15, 0.2) is 0 Å². The van der Waals surface area contributed by atoms with E-state index in [9.17, 15) is 0 Å². The van der Waals surface area contributed by atoms with Gasteiger partial charge in [-0.3, -0.25) is 4.89 Å². The van der Waals surface area contributed by atoms with Gasteiger partial charge in [-0.05, 0) is 0 Å². The zero-order valence-corrected chi connectivity index (χ0v) is 8.44. The summed E-state index contributed by atoms with van der Waals surface area (Å²) in [5.41, 5.74) is 0. The molecule has 0 unspecified atom stereocenters. The van der Waals surface area contributed by atoms with Gasteiger partial charge in [-0.2, -0.15) is 0 Å². The molecule has 0 aromatic rings. The van der Waals surface area contributed by atoms with Crippen LogP contribution in [0.15, 0.2) is 0 Å². The van der Waals surface area contributed by atoms with Crippen LogP contribution in [0.3, 0.4) is 0 Å². The lowest BCUT2D eigenvalue weighted by Gasteiger charge is -2.21. The maximum Gasteiger partial charge on any atom is 0.278 e. The van der Waals surface area contributed by atoms with Crippen LogP contribution in [-0.2, 0) is 9.78 Å². The molecule has 0 saturated carbocycles. The van der Waals surface area contributed by atoms with Crippen LogP contribution in [-0.4, -0.2) is 57.1 Å². The van der Waals surface area contributed by atoms with Gasteiger partial charge in [0.1, 0.15) is 6.54 Å². The van der Waals surface area contributed by atoms with Crippen LogP contribution in [0.5, 0.6) is 0 Å². The number of aliphatic hydroxyl groups excluding tert-OH is 1. The Morgan fingerprint density at radius 1 is 1.46 bits per heavy atom. The molecule has 0 heterocycles. The summed E-state index contributed by atoms with van der Waals surface area (Å²) in [4.78, 5) is 16.1. The van der Waals surface area contributed by atoms with E-state index in [0.29, 0.717) is 0 Å². The maximum atomic E-state index is 9.14. The number of aliphatic hydroxyl groups is 1. The normalized spacial score (nSPS) is 9.92. The van der Waals surface area contributed by atoms with E-state index in [-0.39, 0.29) is 6.61 Å². The molecule has 0 saturated heterocycles. The number of carbonyl (C=O) groups is 1. The number of likely N-dealkylation sites (N-methyl/N-ethyl adjacent to an activating group) is 1. The smallest absolute Gasteiger partial charge is 0.278 e. The number of nitrogens with zero attached hydrogens (tertiary/aromatic N) is 1. The molecule has 0 atom stereocenters. The number of quaternary nitrogens is 1. The van der Waals surface area contributed by atoms with Crippen molar-refractivity contribution in [2.75, 3.05) is 41.4 Å². The Morgan fingerprint density at radius 2 is 1.92 bits per heavy atom. The molecule has 0 fully saturated rings. The van der Waals surface area contributed by atoms with E-state index >= 15 is 0 Å². The van der Waals surface area contributed by atoms with Crippen LogP contribution in [0.2, 0.25) is 0 Å². The third kappa shape index (κ3) is 24.7. The predicted octanol–water partition coefficient (Wildman–Crippen LogP) is -1.41. The highest BCUT2D eigenvalue weighted by Crippen LogP contribution is 1.84. The molecule has 0 radical (unpaired) electrons. The zero-order chi connectivity index (χ0) is 10.9. The summed E-state index contributed by atoms with van der Waals surface area (Å²) >= 11 is 0. The van der Waals surface area contributed by atoms with Crippen molar-refractivity contribution in [3.05, 3.63) is 0 Å². The van der Waals surface area contributed by atoms with Crippen LogP contribution in [0.25, 0.3) is 0 Å². The molecule has 0 aromatic heterocycles. The minimum absolute atomic E-state index is 0.281. The molecule has 0 aliphatic rings. The van der Waals surface area contributed by atoms with E-state index < -0.39 is 6.16 Å². The summed E-state index contributed by atoms with van der Waals surface area (Å²) < 4.78 is 0.844. The first-order chi connectivity index (χ1) is 5.83. The van der Waals surface area contributed by atoms with E-state index in [0.717, 1.165) is 18.1 Å². The Balaban J connectivity index is 0. The third-order valence-electron chi connectivity index (χ3n) is 0.922. The second-order valence-corrected chi connectivity index (χ2v) is 3.24. The summed E-state index contributed by atoms with van der Waals surface area (Å²) in [6.45, 7) is 1.11. The molecule has 80 valence electrons. The molecule has 6 nitrogen and oxygen atoms in total. The Bertz CT molecular complexity index is 131. The van der Waals surface area contributed by atoms with E-state index in [4.69, 9.17) is 15.0 Å². The lowest BCUT2D eigenvalue weighted by Crippen LogP contribution is -2.36. The Morgan fingerprint density at radius 3 is 1.92 bits per heavy atom. The van der Waals surface area contributed by atoms with Crippen LogP contribution in [0, 0.1) is 0 Å². The molecule has 0 aliphatic heterocycles. The molecule has 0 amide bonds. The van der Waals surface area contributed by atoms with Gasteiger partial charge in [-0.15, -0.1) is 0 Å². The average Bonchev–Trinajstić information content (AvgIpc) is 1.84. The summed E-state index contributed by atoms with van der Waals surface area (Å²) in [5.74, 6) is 0. The van der Waals surface area contributed by atoms with Gasteiger partial charge in [0.2, 0.25) is 0 Å². The lowest BCUT2D eigenvalue weighted by molar-refractivity contribution is -0.870. The largest absolute Gasteiger partial charge is 0.424 e. The topological polar surface area (TPSA) is 78.8 Å². The molecule has 0 aliphatic carbocycles. The fraction of sp³-hybridized carbons (Fsp3) is 0.857. The predicted molar refractivity (Wildman–Crippen MR) is 43.5 cm³/mol. The molecular formula is C7H17NO5. The molecule has 13 heavy (non-hydrogen) atoms. The molecule has 1 N–H and O–H groups in total. The van der Waals surface area contributed by atoms with Crippen molar-refractivity contribution in [3.8, 4) is 0 Å². The van der Waals surface area contributed by atoms with Crippen LogP contribution >= 0.6 is 0 Å². The molecule has 0 aromatic carbocycles. The fourth-order valence-corrected chi connectivity index (χ4v) is 0.368. The number of hydrogen-bond acceptors (Lipinski definition) is 5. The van der Waals surface area contributed by atoms with Crippen molar-refractivity contribution in [2.45, 2.75) is 0 Å². The van der Waals surface area contributed by atoms with Gasteiger partial charge in [0.25, 0.3) is 6.16 Å². The van der Waals surface area contributed by atoms with E-state index in [1.54, 1.807) is 0 Å². The first kappa shape index (κ1) is 14.7. The maximum absolute atomic E-state index is 9.14. The number of carbonyl (C=O) groups excluding carboxylic acids is 1. The van der Waals surface area contributed by atoms with E-state index in [2.05, 4.69) is 30.9 Å². The van der Waals surface area contributed by atoms with E-state index in [1.165, 1.54) is 0 Å². The monoisotopic (exact) mass is 195 g/mol. The molecule has 0 bridgehead atoms. The van der Waals surface area contributed by atoms with Gasteiger partial charge >= 0.3 is 0 Å². The van der Waals surface area contributed by atoms with Gasteiger partial charge in [-0.25, -0.2) is 0 Å². The Labute approximate surface area is 77.8 Å². The highest BCUT2D eigenvalue weighted by atomic mass is 17.2. The summed E-state index contributed by atoms with van der Waals surface area (Å²) in [6, 6.07) is 0. The summed E-state index contributed by atoms with van der Waals surface area (Å²) in [6.07, 6.45) is -1.68. The van der Waals surface area contributed by atoms with E-state index in [1.807, 2.05) is 0 Å². The quantitative estimate of drug-likeness (QED) is 0.340. The van der Waals surface area contributed by atoms with Crippen molar-refractivity contribution < 1.29 is 29.3 Å².